The molecule has 2 N–H and O–H groups in total. The fourth-order valence-corrected chi connectivity index (χ4v) is 2.89. The minimum atomic E-state index is -0.470. The van der Waals surface area contributed by atoms with E-state index < -0.39 is 5.69 Å². The van der Waals surface area contributed by atoms with E-state index in [-0.39, 0.29) is 17.5 Å². The molecule has 140 valence electrons. The van der Waals surface area contributed by atoms with E-state index >= 15 is 0 Å². The van der Waals surface area contributed by atoms with E-state index in [0.29, 0.717) is 29.4 Å². The van der Waals surface area contributed by atoms with Gasteiger partial charge in [-0.25, -0.2) is 4.79 Å². The van der Waals surface area contributed by atoms with E-state index in [9.17, 15) is 14.4 Å². The summed E-state index contributed by atoms with van der Waals surface area (Å²) < 4.78 is 1.20. The maximum atomic E-state index is 12.7. The fourth-order valence-electron chi connectivity index (χ4n) is 2.89. The number of benzene rings is 2. The van der Waals surface area contributed by atoms with Crippen molar-refractivity contribution >= 4 is 16.8 Å². The molecule has 1 aromatic heterocycles. The molecule has 0 bridgehead atoms. The minimum absolute atomic E-state index is 0.0539. The Morgan fingerprint density at radius 1 is 1.15 bits per heavy atom. The van der Waals surface area contributed by atoms with Crippen LogP contribution < -0.4 is 16.6 Å². The Hall–Kier alpha value is -3.15. The van der Waals surface area contributed by atoms with Gasteiger partial charge in [-0.05, 0) is 43.5 Å². The number of H-pyrrole nitrogens is 1. The molecule has 6 heteroatoms. The number of nitrogens with zero attached hydrogens (tertiary/aromatic N) is 1. The van der Waals surface area contributed by atoms with Crippen LogP contribution >= 0.6 is 0 Å². The number of hydrogen-bond donors (Lipinski definition) is 2. The van der Waals surface area contributed by atoms with Gasteiger partial charge in [-0.2, -0.15) is 0 Å². The maximum Gasteiger partial charge on any atom is 0.328 e. The van der Waals surface area contributed by atoms with Crippen molar-refractivity contribution in [2.75, 3.05) is 0 Å². The summed E-state index contributed by atoms with van der Waals surface area (Å²) in [5.41, 5.74) is 1.03. The lowest BCUT2D eigenvalue weighted by molar-refractivity contribution is 0.0939. The molecule has 1 heterocycles. The molecule has 3 aromatic rings. The summed E-state index contributed by atoms with van der Waals surface area (Å²) in [5, 5.41) is 3.27. The van der Waals surface area contributed by atoms with Crippen LogP contribution in [0.5, 0.6) is 0 Å². The van der Waals surface area contributed by atoms with E-state index in [0.717, 1.165) is 12.0 Å². The molecule has 3 rings (SSSR count). The quantitative estimate of drug-likeness (QED) is 0.704. The van der Waals surface area contributed by atoms with Crippen molar-refractivity contribution in [3.05, 3.63) is 80.5 Å². The van der Waals surface area contributed by atoms with Gasteiger partial charge in [0.2, 0.25) is 0 Å². The zero-order valence-corrected chi connectivity index (χ0v) is 15.5. The Balaban J connectivity index is 1.91. The molecule has 0 radical (unpaired) electrons. The van der Waals surface area contributed by atoms with Gasteiger partial charge in [0.15, 0.2) is 0 Å². The molecule has 0 spiro atoms. The van der Waals surface area contributed by atoms with Crippen LogP contribution in [0.4, 0.5) is 0 Å². The van der Waals surface area contributed by atoms with Crippen molar-refractivity contribution in [1.29, 1.82) is 0 Å². The SMILES string of the molecule is CC[C@H](C)NC(=O)c1ccc2c(=O)n(CCc3ccccc3)c(=O)[nH]c2c1. The Bertz CT molecular complexity index is 1070. The van der Waals surface area contributed by atoms with Gasteiger partial charge < -0.3 is 10.3 Å². The minimum Gasteiger partial charge on any atom is -0.350 e. The predicted molar refractivity (Wildman–Crippen MR) is 106 cm³/mol. The van der Waals surface area contributed by atoms with E-state index in [1.54, 1.807) is 18.2 Å². The van der Waals surface area contributed by atoms with Crippen molar-refractivity contribution < 1.29 is 4.79 Å². The Kier molecular flexibility index (Phi) is 5.54. The van der Waals surface area contributed by atoms with Gasteiger partial charge in [0, 0.05) is 18.2 Å². The van der Waals surface area contributed by atoms with Crippen LogP contribution in [0.1, 0.15) is 36.2 Å². The van der Waals surface area contributed by atoms with Crippen molar-refractivity contribution in [3.63, 3.8) is 0 Å². The first-order valence-corrected chi connectivity index (χ1v) is 9.11. The molecule has 0 aliphatic heterocycles. The average Bonchev–Trinajstić information content (AvgIpc) is 2.68. The first-order chi connectivity index (χ1) is 13.0. The van der Waals surface area contributed by atoms with Gasteiger partial charge in [-0.1, -0.05) is 37.3 Å². The topological polar surface area (TPSA) is 84.0 Å². The third-order valence-corrected chi connectivity index (χ3v) is 4.70. The largest absolute Gasteiger partial charge is 0.350 e. The Labute approximate surface area is 156 Å². The lowest BCUT2D eigenvalue weighted by Gasteiger charge is -2.12. The third-order valence-electron chi connectivity index (χ3n) is 4.70. The second-order valence-corrected chi connectivity index (χ2v) is 6.67. The first-order valence-electron chi connectivity index (χ1n) is 9.11. The fraction of sp³-hybridized carbons (Fsp3) is 0.286. The Morgan fingerprint density at radius 2 is 1.89 bits per heavy atom. The number of aromatic nitrogens is 2. The highest BCUT2D eigenvalue weighted by atomic mass is 16.2. The summed E-state index contributed by atoms with van der Waals surface area (Å²) in [6.07, 6.45) is 1.41. The number of hydrogen-bond acceptors (Lipinski definition) is 3. The molecule has 0 saturated heterocycles. The van der Waals surface area contributed by atoms with Crippen molar-refractivity contribution in [2.45, 2.75) is 39.3 Å². The molecule has 0 aliphatic rings. The summed E-state index contributed by atoms with van der Waals surface area (Å²) in [6, 6.07) is 14.5. The van der Waals surface area contributed by atoms with E-state index in [1.165, 1.54) is 4.57 Å². The van der Waals surface area contributed by atoms with Crippen LogP contribution in [0.25, 0.3) is 10.9 Å². The van der Waals surface area contributed by atoms with Crippen LogP contribution in [0.2, 0.25) is 0 Å². The number of rotatable bonds is 6. The predicted octanol–water partition coefficient (Wildman–Crippen LogP) is 2.46. The van der Waals surface area contributed by atoms with Gasteiger partial charge in [-0.3, -0.25) is 14.2 Å². The van der Waals surface area contributed by atoms with Crippen LogP contribution in [-0.4, -0.2) is 21.5 Å². The molecule has 0 saturated carbocycles. The van der Waals surface area contributed by atoms with Gasteiger partial charge in [0.05, 0.1) is 10.9 Å². The highest BCUT2D eigenvalue weighted by molar-refractivity contribution is 5.97. The van der Waals surface area contributed by atoms with Crippen LogP contribution in [0.3, 0.4) is 0 Å². The molecule has 0 fully saturated rings. The van der Waals surface area contributed by atoms with Crippen LogP contribution in [-0.2, 0) is 13.0 Å². The summed E-state index contributed by atoms with van der Waals surface area (Å²) in [5.74, 6) is -0.222. The second kappa shape index (κ2) is 8.03. The summed E-state index contributed by atoms with van der Waals surface area (Å²) >= 11 is 0. The number of aryl methyl sites for hydroxylation is 1. The highest BCUT2D eigenvalue weighted by Gasteiger charge is 2.12. The first kappa shape index (κ1) is 18.6. The van der Waals surface area contributed by atoms with Crippen LogP contribution in [0.15, 0.2) is 58.1 Å². The normalized spacial score (nSPS) is 12.1. The maximum absolute atomic E-state index is 12.7. The van der Waals surface area contributed by atoms with Crippen LogP contribution in [0, 0.1) is 0 Å². The summed E-state index contributed by atoms with van der Waals surface area (Å²) in [4.78, 5) is 40.1. The van der Waals surface area contributed by atoms with E-state index in [4.69, 9.17) is 0 Å². The smallest absolute Gasteiger partial charge is 0.328 e. The number of carbonyl (C=O) groups is 1. The molecular weight excluding hydrogens is 342 g/mol. The zero-order chi connectivity index (χ0) is 19.4. The lowest BCUT2D eigenvalue weighted by Crippen LogP contribution is -2.36. The van der Waals surface area contributed by atoms with Crippen molar-refractivity contribution in [1.82, 2.24) is 14.9 Å². The van der Waals surface area contributed by atoms with Crippen molar-refractivity contribution in [3.8, 4) is 0 Å². The van der Waals surface area contributed by atoms with E-state index in [2.05, 4.69) is 10.3 Å². The van der Waals surface area contributed by atoms with Gasteiger partial charge >= 0.3 is 5.69 Å². The number of nitrogens with one attached hydrogen (secondary N) is 2. The van der Waals surface area contributed by atoms with E-state index in [1.807, 2.05) is 44.2 Å². The number of carbonyl (C=O) groups excluding carboxylic acids is 1. The average molecular weight is 365 g/mol. The molecule has 0 unspecified atom stereocenters. The third kappa shape index (κ3) is 4.16. The lowest BCUT2D eigenvalue weighted by atomic mass is 10.1. The number of aromatic amines is 1. The second-order valence-electron chi connectivity index (χ2n) is 6.67. The molecule has 2 aromatic carbocycles. The summed E-state index contributed by atoms with van der Waals surface area (Å²) in [7, 11) is 0. The number of amides is 1. The molecule has 1 amide bonds. The molecule has 6 nitrogen and oxygen atoms in total. The highest BCUT2D eigenvalue weighted by Crippen LogP contribution is 2.10. The molecule has 0 aliphatic carbocycles. The standard InChI is InChI=1S/C21H23N3O3/c1-3-14(2)22-19(25)16-9-10-17-18(13-16)23-21(27)24(20(17)26)12-11-15-7-5-4-6-8-15/h4-10,13-14H,3,11-12H2,1-2H3,(H,22,25)(H,23,27)/t14-/m0/s1. The Morgan fingerprint density at radius 3 is 2.59 bits per heavy atom. The number of fused-ring (bicyclic) bond motifs is 1. The zero-order valence-electron chi connectivity index (χ0n) is 15.5. The van der Waals surface area contributed by atoms with Gasteiger partial charge in [-0.15, -0.1) is 0 Å². The van der Waals surface area contributed by atoms with Gasteiger partial charge in [0.25, 0.3) is 11.5 Å². The van der Waals surface area contributed by atoms with Crippen molar-refractivity contribution in [2.24, 2.45) is 0 Å². The summed E-state index contributed by atoms with van der Waals surface area (Å²) in [6.45, 7) is 4.21. The van der Waals surface area contributed by atoms with Gasteiger partial charge in [0.1, 0.15) is 0 Å². The molecular formula is C21H23N3O3. The monoisotopic (exact) mass is 365 g/mol. The molecule has 1 atom stereocenters. The molecule has 27 heavy (non-hydrogen) atoms.